The van der Waals surface area contributed by atoms with Crippen molar-refractivity contribution >= 4 is 16.8 Å². The number of primary amides is 1. The van der Waals surface area contributed by atoms with E-state index in [1.54, 1.807) is 0 Å². The van der Waals surface area contributed by atoms with E-state index in [9.17, 15) is 31.1 Å². The molecule has 0 saturated heterocycles. The normalized spacial score (nSPS) is 12.4. The summed E-state index contributed by atoms with van der Waals surface area (Å²) in [6, 6.07) is 4.36. The molecule has 148 valence electrons. The zero-order chi connectivity index (χ0) is 20.7. The van der Waals surface area contributed by atoms with Gasteiger partial charge < -0.3 is 15.0 Å². The van der Waals surface area contributed by atoms with Crippen LogP contribution in [0, 0.1) is 0 Å². The van der Waals surface area contributed by atoms with Crippen molar-refractivity contribution in [3.8, 4) is 5.75 Å². The average molecular weight is 405 g/mol. The van der Waals surface area contributed by atoms with Gasteiger partial charge in [0.25, 0.3) is 5.91 Å². The van der Waals surface area contributed by atoms with E-state index < -0.39 is 47.4 Å². The molecule has 2 aromatic heterocycles. The maximum Gasteiger partial charge on any atom is 0.433 e. The average Bonchev–Trinajstić information content (AvgIpc) is 3.06. The molecule has 0 radical (unpaired) electrons. The summed E-state index contributed by atoms with van der Waals surface area (Å²) in [6.45, 7) is -0.507. The standard InChI is InChI=1S/C16H9F6N3O3/c17-15(18,19)9-3-1-2-8-11(5-12(16(20,21)22)24-13(8)9)27-6-7-4-10(14(23)26)25-28-7/h1-5H,6H2,(H2,23,26). The first kappa shape index (κ1) is 19.5. The van der Waals surface area contributed by atoms with Crippen LogP contribution in [0.5, 0.6) is 5.75 Å². The molecule has 0 saturated carbocycles. The highest BCUT2D eigenvalue weighted by Crippen LogP contribution is 2.40. The van der Waals surface area contributed by atoms with Crippen molar-refractivity contribution in [2.75, 3.05) is 0 Å². The van der Waals surface area contributed by atoms with Gasteiger partial charge in [-0.15, -0.1) is 0 Å². The van der Waals surface area contributed by atoms with Gasteiger partial charge in [-0.3, -0.25) is 4.79 Å². The molecule has 1 amide bonds. The second-order valence-electron chi connectivity index (χ2n) is 5.53. The number of hydrogen-bond donors (Lipinski definition) is 1. The molecule has 3 aromatic rings. The highest BCUT2D eigenvalue weighted by atomic mass is 19.4. The third-order valence-corrected chi connectivity index (χ3v) is 3.58. The van der Waals surface area contributed by atoms with Crippen LogP contribution in [-0.4, -0.2) is 16.0 Å². The molecule has 3 rings (SSSR count). The smallest absolute Gasteiger partial charge is 0.433 e. The van der Waals surface area contributed by atoms with Crippen LogP contribution in [-0.2, 0) is 19.0 Å². The molecular weight excluding hydrogens is 396 g/mol. The number of nitrogens with two attached hydrogens (primary N) is 1. The molecule has 12 heteroatoms. The number of carbonyl (C=O) groups excluding carboxylic acids is 1. The van der Waals surface area contributed by atoms with Crippen molar-refractivity contribution in [3.63, 3.8) is 0 Å². The first-order valence-corrected chi connectivity index (χ1v) is 7.43. The molecule has 0 aliphatic heterocycles. The van der Waals surface area contributed by atoms with E-state index in [1.807, 2.05) is 0 Å². The number of para-hydroxylation sites is 1. The van der Waals surface area contributed by atoms with Gasteiger partial charge >= 0.3 is 12.4 Å². The zero-order valence-corrected chi connectivity index (χ0v) is 13.6. The number of halogens is 6. The van der Waals surface area contributed by atoms with E-state index in [1.165, 1.54) is 0 Å². The molecule has 6 nitrogen and oxygen atoms in total. The van der Waals surface area contributed by atoms with E-state index >= 15 is 0 Å². The van der Waals surface area contributed by atoms with Crippen LogP contribution < -0.4 is 10.5 Å². The predicted octanol–water partition coefficient (Wildman–Crippen LogP) is 3.94. The van der Waals surface area contributed by atoms with Gasteiger partial charge in [0.1, 0.15) is 18.1 Å². The van der Waals surface area contributed by atoms with Crippen LogP contribution >= 0.6 is 0 Å². The number of ether oxygens (including phenoxy) is 1. The number of fused-ring (bicyclic) bond motifs is 1. The molecule has 1 aromatic carbocycles. The molecule has 0 unspecified atom stereocenters. The minimum atomic E-state index is -5.00. The number of carbonyl (C=O) groups is 1. The topological polar surface area (TPSA) is 91.2 Å². The van der Waals surface area contributed by atoms with Crippen LogP contribution in [0.25, 0.3) is 10.9 Å². The first-order chi connectivity index (χ1) is 13.0. The summed E-state index contributed by atoms with van der Waals surface area (Å²) in [4.78, 5) is 14.1. The molecule has 0 spiro atoms. The molecule has 0 aliphatic rings. The third-order valence-electron chi connectivity index (χ3n) is 3.58. The Labute approximate surface area is 151 Å². The van der Waals surface area contributed by atoms with Gasteiger partial charge in [-0.25, -0.2) is 4.98 Å². The van der Waals surface area contributed by atoms with Crippen LogP contribution in [0.2, 0.25) is 0 Å². The van der Waals surface area contributed by atoms with Crippen molar-refractivity contribution in [3.05, 3.63) is 53.0 Å². The predicted molar refractivity (Wildman–Crippen MR) is 81.1 cm³/mol. The number of hydrogen-bond acceptors (Lipinski definition) is 5. The van der Waals surface area contributed by atoms with Crippen molar-refractivity contribution in [2.24, 2.45) is 5.73 Å². The number of pyridine rings is 1. The quantitative estimate of drug-likeness (QED) is 0.664. The number of amides is 1. The second-order valence-corrected chi connectivity index (χ2v) is 5.53. The van der Waals surface area contributed by atoms with E-state index in [-0.39, 0.29) is 16.8 Å². The summed E-state index contributed by atoms with van der Waals surface area (Å²) in [6.07, 6.45) is -9.92. The zero-order valence-electron chi connectivity index (χ0n) is 13.6. The summed E-state index contributed by atoms with van der Waals surface area (Å²) in [5.41, 5.74) is 0.952. The molecule has 28 heavy (non-hydrogen) atoms. The maximum atomic E-state index is 13.2. The fraction of sp³-hybridized carbons (Fsp3) is 0.188. The first-order valence-electron chi connectivity index (χ1n) is 7.43. The number of alkyl halides is 6. The van der Waals surface area contributed by atoms with E-state index in [0.717, 1.165) is 18.2 Å². The lowest BCUT2D eigenvalue weighted by atomic mass is 10.1. The summed E-state index contributed by atoms with van der Waals surface area (Å²) >= 11 is 0. The molecule has 0 fully saturated rings. The summed E-state index contributed by atoms with van der Waals surface area (Å²) in [5, 5.41) is 3.04. The molecule has 0 atom stereocenters. The van der Waals surface area contributed by atoms with Gasteiger partial charge in [-0.2, -0.15) is 26.3 Å². The maximum absolute atomic E-state index is 13.2. The van der Waals surface area contributed by atoms with E-state index in [2.05, 4.69) is 10.1 Å². The third kappa shape index (κ3) is 3.85. The van der Waals surface area contributed by atoms with E-state index in [4.69, 9.17) is 15.0 Å². The Morgan fingerprint density at radius 2 is 1.82 bits per heavy atom. The lowest BCUT2D eigenvalue weighted by Crippen LogP contribution is -2.12. The van der Waals surface area contributed by atoms with Gasteiger partial charge in [0, 0.05) is 17.5 Å². The van der Waals surface area contributed by atoms with Crippen LogP contribution in [0.15, 0.2) is 34.9 Å². The highest BCUT2D eigenvalue weighted by molar-refractivity contribution is 5.90. The van der Waals surface area contributed by atoms with Gasteiger partial charge in [0.15, 0.2) is 11.5 Å². The van der Waals surface area contributed by atoms with Gasteiger partial charge in [-0.05, 0) is 12.1 Å². The minimum Gasteiger partial charge on any atom is -0.485 e. The number of rotatable bonds is 4. The molecular formula is C16H9F6N3O3. The Morgan fingerprint density at radius 3 is 2.39 bits per heavy atom. The Hall–Kier alpha value is -3.31. The fourth-order valence-electron chi connectivity index (χ4n) is 2.36. The van der Waals surface area contributed by atoms with Crippen molar-refractivity contribution in [1.29, 1.82) is 0 Å². The van der Waals surface area contributed by atoms with Crippen molar-refractivity contribution in [1.82, 2.24) is 10.1 Å². The molecule has 0 bridgehead atoms. The Kier molecular flexibility index (Phi) is 4.65. The van der Waals surface area contributed by atoms with Gasteiger partial charge in [0.05, 0.1) is 11.1 Å². The van der Waals surface area contributed by atoms with Crippen molar-refractivity contribution in [2.45, 2.75) is 19.0 Å². The summed E-state index contributed by atoms with van der Waals surface area (Å²) < 4.78 is 88.8. The number of benzene rings is 1. The summed E-state index contributed by atoms with van der Waals surface area (Å²) in [7, 11) is 0. The summed E-state index contributed by atoms with van der Waals surface area (Å²) in [5.74, 6) is -1.47. The monoisotopic (exact) mass is 405 g/mol. The van der Waals surface area contributed by atoms with E-state index in [0.29, 0.717) is 12.1 Å². The minimum absolute atomic E-state index is 0.0701. The number of nitrogens with zero attached hydrogens (tertiary/aromatic N) is 2. The Balaban J connectivity index is 2.08. The lowest BCUT2D eigenvalue weighted by molar-refractivity contribution is -0.142. The van der Waals surface area contributed by atoms with Crippen molar-refractivity contribution < 1.29 is 40.4 Å². The highest BCUT2D eigenvalue weighted by Gasteiger charge is 2.37. The Bertz CT molecular complexity index is 1040. The fourth-order valence-corrected chi connectivity index (χ4v) is 2.36. The van der Waals surface area contributed by atoms with Crippen LogP contribution in [0.4, 0.5) is 26.3 Å². The molecule has 2 N–H and O–H groups in total. The second kappa shape index (κ2) is 6.69. The number of aromatic nitrogens is 2. The van der Waals surface area contributed by atoms with Gasteiger partial charge in [-0.1, -0.05) is 11.2 Å². The van der Waals surface area contributed by atoms with Gasteiger partial charge in [0.2, 0.25) is 0 Å². The lowest BCUT2D eigenvalue weighted by Gasteiger charge is -2.15. The largest absolute Gasteiger partial charge is 0.485 e. The SMILES string of the molecule is NC(=O)c1cc(COc2cc(C(F)(F)F)nc3c(C(F)(F)F)cccc23)on1. The molecule has 2 heterocycles. The molecule has 0 aliphatic carbocycles. The Morgan fingerprint density at radius 1 is 1.11 bits per heavy atom. The van der Waals surface area contributed by atoms with Crippen LogP contribution in [0.3, 0.4) is 0 Å². The van der Waals surface area contributed by atoms with Crippen LogP contribution in [0.1, 0.15) is 27.5 Å².